The van der Waals surface area contributed by atoms with Gasteiger partial charge < -0.3 is 19.8 Å². The van der Waals surface area contributed by atoms with E-state index >= 15 is 0 Å². The highest BCUT2D eigenvalue weighted by Gasteiger charge is 2.49. The third-order valence-corrected chi connectivity index (χ3v) is 6.52. The number of hydrogen-bond donors (Lipinski definition) is 3. The zero-order valence-electron chi connectivity index (χ0n) is 15.1. The standard InChI is InChI=1S/C20H21N3O5/c24-18-3-1-2-17-14-6-11(9-21(17)18)10-22-16-5-4-13(23(27)28)7-12(16)8-15(19(14)22)20(25)26/h1-5,7,11,14-15,19,23,27H,6,8-10H2,(H,25,26)/t11-,14+,15+,19+/m0/s1. The van der Waals surface area contributed by atoms with Crippen molar-refractivity contribution in [3.63, 3.8) is 0 Å². The van der Waals surface area contributed by atoms with E-state index in [4.69, 9.17) is 0 Å². The molecule has 5 rings (SSSR count). The van der Waals surface area contributed by atoms with Crippen LogP contribution in [-0.2, 0) is 17.8 Å². The number of nitrogens with zero attached hydrogens (tertiary/aromatic N) is 2. The molecule has 1 unspecified atom stereocenters. The topological polar surface area (TPSA) is 110 Å². The summed E-state index contributed by atoms with van der Waals surface area (Å²) in [7, 11) is 0. The van der Waals surface area contributed by atoms with Gasteiger partial charge in [-0.15, -0.1) is 0 Å². The number of anilines is 1. The molecular weight excluding hydrogens is 362 g/mol. The van der Waals surface area contributed by atoms with Crippen LogP contribution in [0.2, 0.25) is 0 Å². The van der Waals surface area contributed by atoms with Crippen LogP contribution in [0, 0.1) is 17.0 Å². The fourth-order valence-corrected chi connectivity index (χ4v) is 5.44. The van der Waals surface area contributed by atoms with Gasteiger partial charge in [0, 0.05) is 48.6 Å². The molecule has 0 amide bonds. The van der Waals surface area contributed by atoms with Crippen molar-refractivity contribution in [3.05, 3.63) is 63.2 Å². The van der Waals surface area contributed by atoms with Gasteiger partial charge in [0.05, 0.1) is 12.0 Å². The van der Waals surface area contributed by atoms with Crippen molar-refractivity contribution in [2.75, 3.05) is 11.4 Å². The smallest absolute Gasteiger partial charge is 0.308 e. The highest BCUT2D eigenvalue weighted by molar-refractivity contribution is 5.76. The molecule has 2 bridgehead atoms. The summed E-state index contributed by atoms with van der Waals surface area (Å²) in [4.78, 5) is 26.7. The van der Waals surface area contributed by atoms with E-state index in [0.29, 0.717) is 19.5 Å². The van der Waals surface area contributed by atoms with Gasteiger partial charge in [-0.3, -0.25) is 9.59 Å². The van der Waals surface area contributed by atoms with Crippen molar-refractivity contribution in [1.29, 1.82) is 0 Å². The molecule has 8 nitrogen and oxygen atoms in total. The van der Waals surface area contributed by atoms with Gasteiger partial charge in [0.1, 0.15) is 0 Å². The van der Waals surface area contributed by atoms with Crippen molar-refractivity contribution in [2.45, 2.75) is 31.3 Å². The van der Waals surface area contributed by atoms with Crippen LogP contribution in [0.4, 0.5) is 11.4 Å². The number of carboxylic acids is 1. The van der Waals surface area contributed by atoms with Crippen LogP contribution >= 0.6 is 0 Å². The van der Waals surface area contributed by atoms with Crippen molar-refractivity contribution in [1.82, 2.24) is 4.57 Å². The minimum absolute atomic E-state index is 0.0326. The molecule has 8 heteroatoms. The Hall–Kier alpha value is -2.68. The summed E-state index contributed by atoms with van der Waals surface area (Å²) in [5, 5.41) is 29.6. The number of carboxylic acid groups (broad SMARTS) is 1. The molecule has 0 spiro atoms. The van der Waals surface area contributed by atoms with Crippen molar-refractivity contribution < 1.29 is 20.3 Å². The second-order valence-corrected chi connectivity index (χ2v) is 8.05. The van der Waals surface area contributed by atoms with E-state index in [9.17, 15) is 25.1 Å². The number of hydrogen-bond acceptors (Lipinski definition) is 5. The van der Waals surface area contributed by atoms with Gasteiger partial charge in [-0.25, -0.2) is 5.21 Å². The lowest BCUT2D eigenvalue weighted by atomic mass is 9.69. The second kappa shape index (κ2) is 6.16. The maximum atomic E-state index is 12.3. The predicted molar refractivity (Wildman–Crippen MR) is 99.7 cm³/mol. The highest BCUT2D eigenvalue weighted by Crippen LogP contribution is 2.48. The Morgan fingerprint density at radius 3 is 2.79 bits per heavy atom. The minimum Gasteiger partial charge on any atom is -0.595 e. The van der Waals surface area contributed by atoms with Crippen LogP contribution in [0.15, 0.2) is 41.2 Å². The Bertz CT molecular complexity index is 1020. The van der Waals surface area contributed by atoms with Gasteiger partial charge in [0.15, 0.2) is 5.69 Å². The van der Waals surface area contributed by atoms with E-state index in [-0.39, 0.29) is 29.1 Å². The predicted octanol–water partition coefficient (Wildman–Crippen LogP) is 0.501. The number of carbonyl (C=O) groups is 1. The summed E-state index contributed by atoms with van der Waals surface area (Å²) in [6.07, 6.45) is 1.17. The number of nitrogens with one attached hydrogen (secondary N) is 1. The average Bonchev–Trinajstić information content (AvgIpc) is 2.67. The third kappa shape index (κ3) is 2.49. The fraction of sp³-hybridized carbons (Fsp3) is 0.400. The molecule has 0 radical (unpaired) electrons. The normalized spacial score (nSPS) is 28.7. The number of piperidine rings is 1. The first-order valence-electron chi connectivity index (χ1n) is 9.49. The summed E-state index contributed by atoms with van der Waals surface area (Å²) < 4.78 is 1.80. The van der Waals surface area contributed by atoms with Crippen LogP contribution in [0.3, 0.4) is 0 Å². The molecule has 146 valence electrons. The van der Waals surface area contributed by atoms with Gasteiger partial charge >= 0.3 is 5.97 Å². The molecule has 28 heavy (non-hydrogen) atoms. The maximum Gasteiger partial charge on any atom is 0.308 e. The average molecular weight is 383 g/mol. The number of aromatic nitrogens is 1. The third-order valence-electron chi connectivity index (χ3n) is 6.52. The number of aliphatic carboxylic acids is 1. The largest absolute Gasteiger partial charge is 0.595 e. The van der Waals surface area contributed by atoms with E-state index < -0.39 is 17.1 Å². The molecule has 2 aromatic rings. The Morgan fingerprint density at radius 2 is 2.04 bits per heavy atom. The molecule has 3 aliphatic rings. The van der Waals surface area contributed by atoms with E-state index in [1.54, 1.807) is 28.8 Å². The van der Waals surface area contributed by atoms with Crippen LogP contribution in [0.1, 0.15) is 23.6 Å². The van der Waals surface area contributed by atoms with Gasteiger partial charge in [-0.1, -0.05) is 6.07 Å². The van der Waals surface area contributed by atoms with Crippen LogP contribution in [0.25, 0.3) is 0 Å². The molecule has 0 aliphatic carbocycles. The molecule has 4 heterocycles. The van der Waals surface area contributed by atoms with Crippen LogP contribution in [0.5, 0.6) is 0 Å². The summed E-state index contributed by atoms with van der Waals surface area (Å²) in [5.41, 5.74) is 2.75. The van der Waals surface area contributed by atoms with Crippen molar-refractivity contribution in [2.24, 2.45) is 11.8 Å². The second-order valence-electron chi connectivity index (χ2n) is 8.05. The summed E-state index contributed by atoms with van der Waals surface area (Å²) >= 11 is 0. The van der Waals surface area contributed by atoms with Gasteiger partial charge in [-0.05, 0) is 36.5 Å². The molecular formula is C20H21N3O5. The Labute approximate surface area is 160 Å². The lowest BCUT2D eigenvalue weighted by Gasteiger charge is -2.53. The van der Waals surface area contributed by atoms with Gasteiger partial charge in [0.25, 0.3) is 5.56 Å². The Morgan fingerprint density at radius 1 is 1.21 bits per heavy atom. The molecule has 0 saturated carbocycles. The van der Waals surface area contributed by atoms with E-state index in [2.05, 4.69) is 4.90 Å². The molecule has 3 N–H and O–H groups in total. The summed E-state index contributed by atoms with van der Waals surface area (Å²) in [6.45, 7) is 1.31. The maximum absolute atomic E-state index is 12.3. The number of quaternary nitrogens is 1. The first-order chi connectivity index (χ1) is 13.4. The molecule has 1 saturated heterocycles. The highest BCUT2D eigenvalue weighted by atomic mass is 16.8. The van der Waals surface area contributed by atoms with E-state index in [1.807, 2.05) is 12.1 Å². The monoisotopic (exact) mass is 383 g/mol. The lowest BCUT2D eigenvalue weighted by Crippen LogP contribution is -2.99. The molecule has 1 aromatic heterocycles. The number of benzene rings is 1. The van der Waals surface area contributed by atoms with Crippen molar-refractivity contribution in [3.8, 4) is 0 Å². The molecule has 1 fully saturated rings. The number of rotatable bonds is 2. The van der Waals surface area contributed by atoms with Crippen molar-refractivity contribution >= 4 is 17.3 Å². The zero-order valence-corrected chi connectivity index (χ0v) is 15.1. The first kappa shape index (κ1) is 17.4. The van der Waals surface area contributed by atoms with Crippen LogP contribution < -0.4 is 15.7 Å². The summed E-state index contributed by atoms with van der Waals surface area (Å²) in [5.74, 6) is -1.30. The molecule has 3 aliphatic heterocycles. The SMILES string of the molecule is O=C(O)[C@@H]1Cc2cc([NH+]([O-])O)ccc2N2C[C@H]3C[C@H](c4cccc(=O)n4C3)[C@H]12. The van der Waals surface area contributed by atoms with Crippen LogP contribution in [-0.4, -0.2) is 33.4 Å². The number of fused-ring (bicyclic) bond motifs is 8. The quantitative estimate of drug-likeness (QED) is 0.652. The minimum atomic E-state index is -1.01. The van der Waals surface area contributed by atoms with Gasteiger partial charge in [-0.2, -0.15) is 5.23 Å². The van der Waals surface area contributed by atoms with E-state index in [0.717, 1.165) is 23.4 Å². The molecule has 5 atom stereocenters. The van der Waals surface area contributed by atoms with Gasteiger partial charge in [0.2, 0.25) is 0 Å². The lowest BCUT2D eigenvalue weighted by molar-refractivity contribution is -0.991. The Kier molecular flexibility index (Phi) is 3.84. The first-order valence-corrected chi connectivity index (χ1v) is 9.49. The summed E-state index contributed by atoms with van der Waals surface area (Å²) in [6, 6.07) is 10.00. The Balaban J connectivity index is 1.65. The molecule has 1 aromatic carbocycles. The zero-order chi connectivity index (χ0) is 19.6. The number of pyridine rings is 1. The van der Waals surface area contributed by atoms with E-state index in [1.165, 1.54) is 0 Å². The fourth-order valence-electron chi connectivity index (χ4n) is 5.44.